The number of ether oxygens (including phenoxy) is 1. The molecule has 1 aliphatic heterocycles. The molecule has 0 spiro atoms. The molecule has 1 aromatic heterocycles. The van der Waals surface area contributed by atoms with Crippen LogP contribution in [0, 0.1) is 0 Å². The third-order valence-corrected chi connectivity index (χ3v) is 5.61. The van der Waals surface area contributed by atoms with Crippen molar-refractivity contribution in [2.24, 2.45) is 0 Å². The van der Waals surface area contributed by atoms with E-state index in [9.17, 15) is 18.0 Å². The van der Waals surface area contributed by atoms with Crippen molar-refractivity contribution in [1.29, 1.82) is 0 Å². The lowest BCUT2D eigenvalue weighted by Crippen LogP contribution is -2.55. The average Bonchev–Trinajstić information content (AvgIpc) is 3.01. The van der Waals surface area contributed by atoms with Crippen LogP contribution in [0.2, 0.25) is 0 Å². The highest BCUT2D eigenvalue weighted by Gasteiger charge is 2.33. The van der Waals surface area contributed by atoms with E-state index in [4.69, 9.17) is 4.74 Å². The summed E-state index contributed by atoms with van der Waals surface area (Å²) in [6.07, 6.45) is -3.93. The summed E-state index contributed by atoms with van der Waals surface area (Å²) >= 11 is 1.25. The molecule has 9 heteroatoms. The monoisotopic (exact) mass is 415 g/mol. The summed E-state index contributed by atoms with van der Waals surface area (Å²) in [6.45, 7) is 9.04. The summed E-state index contributed by atoms with van der Waals surface area (Å²) in [4.78, 5) is 20.7. The summed E-state index contributed by atoms with van der Waals surface area (Å²) < 4.78 is 44.8. The first-order valence-electron chi connectivity index (χ1n) is 9.20. The molecule has 0 bridgehead atoms. The zero-order valence-corrected chi connectivity index (χ0v) is 17.2. The molecule has 1 atom stereocenters. The minimum absolute atomic E-state index is 0.0314. The summed E-state index contributed by atoms with van der Waals surface area (Å²) in [7, 11) is 0. The van der Waals surface area contributed by atoms with E-state index in [1.807, 2.05) is 27.7 Å². The van der Waals surface area contributed by atoms with Crippen molar-refractivity contribution >= 4 is 32.8 Å². The van der Waals surface area contributed by atoms with Gasteiger partial charge in [0.2, 0.25) is 0 Å². The molecule has 0 unspecified atom stereocenters. The topological polar surface area (TPSA) is 45.7 Å². The van der Waals surface area contributed by atoms with Crippen molar-refractivity contribution in [3.63, 3.8) is 0 Å². The molecule has 1 aromatic carbocycles. The van der Waals surface area contributed by atoms with Gasteiger partial charge in [0, 0.05) is 25.7 Å². The lowest BCUT2D eigenvalue weighted by Gasteiger charge is -2.41. The molecule has 0 saturated carbocycles. The Morgan fingerprint density at radius 3 is 2.61 bits per heavy atom. The van der Waals surface area contributed by atoms with Gasteiger partial charge in [0.05, 0.1) is 15.8 Å². The van der Waals surface area contributed by atoms with E-state index >= 15 is 0 Å². The van der Waals surface area contributed by atoms with Crippen molar-refractivity contribution in [3.8, 4) is 0 Å². The van der Waals surface area contributed by atoms with E-state index in [2.05, 4.69) is 9.88 Å². The molecular weight excluding hydrogens is 391 g/mol. The van der Waals surface area contributed by atoms with Gasteiger partial charge in [-0.15, -0.1) is 0 Å². The van der Waals surface area contributed by atoms with Crippen LogP contribution < -0.4 is 4.90 Å². The maximum absolute atomic E-state index is 13.0. The van der Waals surface area contributed by atoms with Crippen LogP contribution >= 0.6 is 11.3 Å². The Balaban J connectivity index is 1.79. The van der Waals surface area contributed by atoms with Gasteiger partial charge in [-0.3, -0.25) is 0 Å². The number of aromatic nitrogens is 1. The summed E-state index contributed by atoms with van der Waals surface area (Å²) in [5, 5.41) is 0.685. The molecule has 1 aliphatic rings. The molecule has 154 valence electrons. The van der Waals surface area contributed by atoms with E-state index in [0.717, 1.165) is 18.6 Å². The molecule has 1 amide bonds. The fourth-order valence-corrected chi connectivity index (χ4v) is 4.26. The third-order valence-electron chi connectivity index (χ3n) is 4.56. The minimum Gasteiger partial charge on any atom is -0.444 e. The molecule has 2 heterocycles. The smallest absolute Gasteiger partial charge is 0.416 e. The number of benzene rings is 1. The number of thiazole rings is 1. The number of nitrogens with zero attached hydrogens (tertiary/aromatic N) is 3. The number of amides is 1. The first kappa shape index (κ1) is 20.7. The fourth-order valence-electron chi connectivity index (χ4n) is 3.16. The van der Waals surface area contributed by atoms with Crippen molar-refractivity contribution < 1.29 is 22.7 Å². The maximum atomic E-state index is 13.0. The number of alkyl halides is 3. The molecule has 5 nitrogen and oxygen atoms in total. The van der Waals surface area contributed by atoms with Gasteiger partial charge in [0.15, 0.2) is 5.13 Å². The van der Waals surface area contributed by atoms with Gasteiger partial charge in [0.1, 0.15) is 5.60 Å². The van der Waals surface area contributed by atoms with Crippen molar-refractivity contribution in [3.05, 3.63) is 23.8 Å². The Kier molecular flexibility index (Phi) is 5.49. The second-order valence-corrected chi connectivity index (χ2v) is 8.87. The minimum atomic E-state index is -4.37. The summed E-state index contributed by atoms with van der Waals surface area (Å²) in [5.41, 5.74) is -0.673. The zero-order valence-electron chi connectivity index (χ0n) is 16.3. The van der Waals surface area contributed by atoms with Gasteiger partial charge < -0.3 is 14.5 Å². The first-order valence-corrected chi connectivity index (χ1v) is 10.0. The maximum Gasteiger partial charge on any atom is 0.416 e. The van der Waals surface area contributed by atoms with E-state index in [-0.39, 0.29) is 12.1 Å². The van der Waals surface area contributed by atoms with Gasteiger partial charge >= 0.3 is 12.3 Å². The van der Waals surface area contributed by atoms with Crippen LogP contribution in [-0.2, 0) is 10.9 Å². The molecule has 3 rings (SSSR count). The van der Waals surface area contributed by atoms with Crippen LogP contribution in [0.15, 0.2) is 18.2 Å². The number of hydrogen-bond acceptors (Lipinski definition) is 5. The van der Waals surface area contributed by atoms with Crippen molar-refractivity contribution in [2.75, 3.05) is 24.5 Å². The molecule has 1 saturated heterocycles. The standard InChI is InChI=1S/C19H24F3N3O2S/c1-5-13-11-24(17(26)27-18(2,3)4)8-9-25(13)16-23-14-7-6-12(19(20,21)22)10-15(14)28-16/h6-7,10,13H,5,8-9,11H2,1-4H3/t13-/m1/s1. The quantitative estimate of drug-likeness (QED) is 0.680. The Bertz CT molecular complexity index is 860. The SMILES string of the molecule is CC[C@@H]1CN(C(=O)OC(C)(C)C)CCN1c1nc2ccc(C(F)(F)F)cc2s1. The molecular formula is C19H24F3N3O2S. The highest BCUT2D eigenvalue weighted by atomic mass is 32.1. The lowest BCUT2D eigenvalue weighted by molar-refractivity contribution is -0.137. The molecule has 1 fully saturated rings. The Morgan fingerprint density at radius 1 is 1.29 bits per heavy atom. The first-order chi connectivity index (χ1) is 13.0. The van der Waals surface area contributed by atoms with Crippen LogP contribution in [-0.4, -0.2) is 47.3 Å². The van der Waals surface area contributed by atoms with Crippen LogP contribution in [0.3, 0.4) is 0 Å². The van der Waals surface area contributed by atoms with Crippen molar-refractivity contribution in [1.82, 2.24) is 9.88 Å². The normalized spacial score (nSPS) is 18.6. The van der Waals surface area contributed by atoms with E-state index in [0.29, 0.717) is 35.0 Å². The second kappa shape index (κ2) is 7.42. The third kappa shape index (κ3) is 4.51. The predicted molar refractivity (Wildman–Crippen MR) is 104 cm³/mol. The summed E-state index contributed by atoms with van der Waals surface area (Å²) in [6, 6.07) is 3.65. The number of hydrogen-bond donors (Lipinski definition) is 0. The van der Waals surface area contributed by atoms with Gasteiger partial charge in [0.25, 0.3) is 0 Å². The Hall–Kier alpha value is -2.03. The molecule has 0 aliphatic carbocycles. The number of fused-ring (bicyclic) bond motifs is 1. The fraction of sp³-hybridized carbons (Fsp3) is 0.579. The van der Waals surface area contributed by atoms with E-state index in [1.54, 1.807) is 4.90 Å². The highest BCUT2D eigenvalue weighted by Crippen LogP contribution is 2.36. The van der Waals surface area contributed by atoms with Crippen molar-refractivity contribution in [2.45, 2.75) is 51.9 Å². The van der Waals surface area contributed by atoms with Crippen LogP contribution in [0.1, 0.15) is 39.7 Å². The average molecular weight is 415 g/mol. The second-order valence-electron chi connectivity index (χ2n) is 7.86. The number of carbonyl (C=O) groups is 1. The zero-order chi connectivity index (χ0) is 20.7. The van der Waals surface area contributed by atoms with Crippen LogP contribution in [0.5, 0.6) is 0 Å². The van der Waals surface area contributed by atoms with E-state index < -0.39 is 17.3 Å². The number of carbonyl (C=O) groups excluding carboxylic acids is 1. The van der Waals surface area contributed by atoms with E-state index in [1.165, 1.54) is 17.4 Å². The van der Waals surface area contributed by atoms with Crippen LogP contribution in [0.25, 0.3) is 10.2 Å². The molecule has 2 aromatic rings. The Morgan fingerprint density at radius 2 is 2.00 bits per heavy atom. The van der Waals surface area contributed by atoms with Gasteiger partial charge in [-0.25, -0.2) is 9.78 Å². The number of rotatable bonds is 2. The number of piperazine rings is 1. The lowest BCUT2D eigenvalue weighted by atomic mass is 10.1. The van der Waals surface area contributed by atoms with Gasteiger partial charge in [-0.05, 0) is 45.4 Å². The van der Waals surface area contributed by atoms with Gasteiger partial charge in [-0.1, -0.05) is 18.3 Å². The molecule has 0 N–H and O–H groups in total. The number of halogens is 3. The highest BCUT2D eigenvalue weighted by molar-refractivity contribution is 7.22. The summed E-state index contributed by atoms with van der Waals surface area (Å²) in [5.74, 6) is 0. The molecule has 28 heavy (non-hydrogen) atoms. The predicted octanol–water partition coefficient (Wildman–Crippen LogP) is 5.15. The van der Waals surface area contributed by atoms with Crippen LogP contribution in [0.4, 0.5) is 23.1 Å². The number of anilines is 1. The Labute approximate surface area is 166 Å². The molecule has 0 radical (unpaired) electrons. The van der Waals surface area contributed by atoms with Gasteiger partial charge in [-0.2, -0.15) is 13.2 Å². The largest absolute Gasteiger partial charge is 0.444 e.